The Labute approximate surface area is 217 Å². The van der Waals surface area contributed by atoms with Crippen LogP contribution in [0.5, 0.6) is 5.75 Å². The van der Waals surface area contributed by atoms with E-state index in [2.05, 4.69) is 22.7 Å². The third-order valence-electron chi connectivity index (χ3n) is 7.35. The van der Waals surface area contributed by atoms with Gasteiger partial charge in [0, 0.05) is 49.2 Å². The summed E-state index contributed by atoms with van der Waals surface area (Å²) in [6, 6.07) is 12.4. The van der Waals surface area contributed by atoms with Gasteiger partial charge in [-0.05, 0) is 61.2 Å². The van der Waals surface area contributed by atoms with E-state index in [-0.39, 0.29) is 11.2 Å². The highest BCUT2D eigenvalue weighted by molar-refractivity contribution is 6.04. The number of rotatable bonds is 6. The molecule has 37 heavy (non-hydrogen) atoms. The molecule has 2 aromatic carbocycles. The zero-order valence-corrected chi connectivity index (χ0v) is 21.5. The first kappa shape index (κ1) is 24.9. The first-order chi connectivity index (χ1) is 17.8. The monoisotopic (exact) mass is 504 g/mol. The molecular formula is C29H33FN4O3. The lowest BCUT2D eigenvalue weighted by atomic mass is 9.75. The molecule has 7 nitrogen and oxygen atoms in total. The maximum absolute atomic E-state index is 13.7. The van der Waals surface area contributed by atoms with E-state index >= 15 is 0 Å². The van der Waals surface area contributed by atoms with Gasteiger partial charge in [-0.25, -0.2) is 4.39 Å². The Kier molecular flexibility index (Phi) is 6.45. The zero-order valence-electron chi connectivity index (χ0n) is 21.5. The van der Waals surface area contributed by atoms with E-state index in [1.54, 1.807) is 31.6 Å². The number of ether oxygens (including phenoxy) is 2. The molecule has 0 amide bonds. The van der Waals surface area contributed by atoms with Crippen LogP contribution in [-0.2, 0) is 15.3 Å². The molecule has 0 radical (unpaired) electrons. The number of hydrogen-bond donors (Lipinski definition) is 1. The average molecular weight is 505 g/mol. The zero-order chi connectivity index (χ0) is 26.2. The molecule has 8 heteroatoms. The molecule has 2 aromatic rings. The minimum absolute atomic E-state index is 0.0487. The number of nitrogens with zero attached hydrogens (tertiary/aromatic N) is 3. The molecule has 2 fully saturated rings. The number of halogens is 1. The average Bonchev–Trinajstić information content (AvgIpc) is 3.48. The van der Waals surface area contributed by atoms with Crippen LogP contribution in [0.4, 0.5) is 10.1 Å². The molecule has 2 saturated heterocycles. The van der Waals surface area contributed by atoms with Gasteiger partial charge in [0.05, 0.1) is 19.4 Å². The van der Waals surface area contributed by atoms with Crippen LogP contribution < -0.4 is 15.4 Å². The number of anilines is 1. The second kappa shape index (κ2) is 9.59. The molecule has 0 aromatic heterocycles. The number of nitrogens with two attached hydrogens (primary N) is 1. The summed E-state index contributed by atoms with van der Waals surface area (Å²) in [5, 5.41) is 4.54. The highest BCUT2D eigenvalue weighted by Gasteiger charge is 2.53. The highest BCUT2D eigenvalue weighted by Crippen LogP contribution is 2.48. The van der Waals surface area contributed by atoms with Gasteiger partial charge in [-0.3, -0.25) is 0 Å². The Balaban J connectivity index is 1.53. The Morgan fingerprint density at radius 2 is 2.05 bits per heavy atom. The summed E-state index contributed by atoms with van der Waals surface area (Å²) in [6.07, 6.45) is 7.40. The minimum Gasteiger partial charge on any atom is -0.495 e. The highest BCUT2D eigenvalue weighted by atomic mass is 19.1. The molecule has 0 bridgehead atoms. The fourth-order valence-electron chi connectivity index (χ4n) is 5.40. The Hall–Kier alpha value is -3.78. The molecule has 194 valence electrons. The molecule has 3 aliphatic rings. The van der Waals surface area contributed by atoms with Crippen LogP contribution in [0.3, 0.4) is 0 Å². The Morgan fingerprint density at radius 1 is 1.27 bits per heavy atom. The predicted molar refractivity (Wildman–Crippen MR) is 143 cm³/mol. The van der Waals surface area contributed by atoms with E-state index in [0.29, 0.717) is 18.1 Å². The van der Waals surface area contributed by atoms with Gasteiger partial charge in [-0.2, -0.15) is 0 Å². The third-order valence-corrected chi connectivity index (χ3v) is 7.35. The first-order valence-corrected chi connectivity index (χ1v) is 12.4. The fraction of sp³-hybridized carbons (Fsp3) is 0.345. The molecule has 3 heterocycles. The van der Waals surface area contributed by atoms with Crippen molar-refractivity contribution in [2.24, 2.45) is 16.3 Å². The van der Waals surface area contributed by atoms with Crippen molar-refractivity contribution in [3.8, 4) is 5.75 Å². The number of hydrogen-bond acceptors (Lipinski definition) is 7. The van der Waals surface area contributed by atoms with Gasteiger partial charge in [-0.15, -0.1) is 0 Å². The molecule has 2 N–H and O–H groups in total. The van der Waals surface area contributed by atoms with Gasteiger partial charge in [0.2, 0.25) is 5.72 Å². The lowest BCUT2D eigenvalue weighted by molar-refractivity contribution is -0.103. The fourth-order valence-corrected chi connectivity index (χ4v) is 5.40. The van der Waals surface area contributed by atoms with E-state index in [4.69, 9.17) is 20.0 Å². The second-order valence-electron chi connectivity index (χ2n) is 10.1. The molecule has 2 unspecified atom stereocenters. The summed E-state index contributed by atoms with van der Waals surface area (Å²) in [6.45, 7) is 9.86. The molecular weight excluding hydrogens is 471 g/mol. The van der Waals surface area contributed by atoms with Crippen molar-refractivity contribution in [3.63, 3.8) is 0 Å². The summed E-state index contributed by atoms with van der Waals surface area (Å²) in [7, 11) is 1.65. The quantitative estimate of drug-likeness (QED) is 0.574. The maximum Gasteiger partial charge on any atom is 0.234 e. The predicted octanol–water partition coefficient (Wildman–Crippen LogP) is 5.32. The lowest BCUT2D eigenvalue weighted by Crippen LogP contribution is -2.53. The summed E-state index contributed by atoms with van der Waals surface area (Å²) >= 11 is 0. The number of allylic oxidation sites excluding steroid dienone is 1. The SMILES string of the molecule is C=CN(/C=C(/C)N)c1ccc(/C=C2\CC3(CCOC3)CN3C2=NOC3(C)c2ccc(F)cc2)cc1OC. The van der Waals surface area contributed by atoms with Gasteiger partial charge in [-0.1, -0.05) is 29.9 Å². The number of oxime groups is 1. The van der Waals surface area contributed by atoms with Gasteiger partial charge in [0.1, 0.15) is 11.6 Å². The van der Waals surface area contributed by atoms with Crippen molar-refractivity contribution < 1.29 is 18.7 Å². The number of benzene rings is 2. The maximum atomic E-state index is 13.7. The van der Waals surface area contributed by atoms with Crippen LogP contribution in [-0.4, -0.2) is 37.6 Å². The molecule has 3 aliphatic heterocycles. The third kappa shape index (κ3) is 4.57. The van der Waals surface area contributed by atoms with E-state index in [0.717, 1.165) is 54.2 Å². The smallest absolute Gasteiger partial charge is 0.234 e. The van der Waals surface area contributed by atoms with E-state index in [1.165, 1.54) is 12.1 Å². The number of piperidine rings is 1. The largest absolute Gasteiger partial charge is 0.495 e. The summed E-state index contributed by atoms with van der Waals surface area (Å²) in [5.41, 5.74) is 9.38. The Bertz CT molecular complexity index is 1280. The van der Waals surface area contributed by atoms with Crippen LogP contribution in [0.2, 0.25) is 0 Å². The van der Waals surface area contributed by atoms with Gasteiger partial charge < -0.3 is 29.8 Å². The molecule has 2 atom stereocenters. The van der Waals surface area contributed by atoms with Crippen molar-refractivity contribution in [3.05, 3.63) is 89.7 Å². The standard InChI is InChI=1S/C29H33FN4O3/c1-5-33(17-20(2)31)25-11-6-21(15-26(25)35-4)14-22-16-29(12-13-36-19-29)18-34-27(22)32-37-28(34,3)23-7-9-24(30)10-8-23/h5-11,14-15,17H,1,12-13,16,18-19,31H2,2-4H3/b20-17-,22-14+. The van der Waals surface area contributed by atoms with Crippen LogP contribution in [0.15, 0.2) is 77.9 Å². The van der Waals surface area contributed by atoms with Crippen molar-refractivity contribution in [1.29, 1.82) is 0 Å². The summed E-state index contributed by atoms with van der Waals surface area (Å²) in [4.78, 5) is 10.1. The number of amidine groups is 1. The van der Waals surface area contributed by atoms with E-state index in [1.807, 2.05) is 36.9 Å². The Morgan fingerprint density at radius 3 is 2.70 bits per heavy atom. The van der Waals surface area contributed by atoms with Crippen molar-refractivity contribution in [2.45, 2.75) is 32.4 Å². The van der Waals surface area contributed by atoms with Crippen molar-refractivity contribution >= 4 is 17.6 Å². The molecule has 1 spiro atoms. The number of fused-ring (bicyclic) bond motifs is 1. The molecule has 0 aliphatic carbocycles. The first-order valence-electron chi connectivity index (χ1n) is 12.4. The van der Waals surface area contributed by atoms with Crippen LogP contribution in [0.25, 0.3) is 6.08 Å². The van der Waals surface area contributed by atoms with Crippen LogP contribution in [0.1, 0.15) is 37.8 Å². The van der Waals surface area contributed by atoms with Gasteiger partial charge in [0.25, 0.3) is 0 Å². The molecule has 0 saturated carbocycles. The minimum atomic E-state index is -0.837. The van der Waals surface area contributed by atoms with Crippen LogP contribution >= 0.6 is 0 Å². The topological polar surface area (TPSA) is 72.5 Å². The van der Waals surface area contributed by atoms with Crippen molar-refractivity contribution in [1.82, 2.24) is 4.90 Å². The lowest BCUT2D eigenvalue weighted by Gasteiger charge is -2.45. The summed E-state index contributed by atoms with van der Waals surface area (Å²) in [5.74, 6) is 1.21. The van der Waals surface area contributed by atoms with Gasteiger partial charge >= 0.3 is 0 Å². The van der Waals surface area contributed by atoms with E-state index < -0.39 is 5.72 Å². The van der Waals surface area contributed by atoms with E-state index in [9.17, 15) is 4.39 Å². The van der Waals surface area contributed by atoms with Gasteiger partial charge in [0.15, 0.2) is 5.84 Å². The summed E-state index contributed by atoms with van der Waals surface area (Å²) < 4.78 is 25.2. The second-order valence-corrected chi connectivity index (χ2v) is 10.1. The number of methoxy groups -OCH3 is 1. The van der Waals surface area contributed by atoms with Crippen molar-refractivity contribution in [2.75, 3.05) is 31.8 Å². The molecule has 5 rings (SSSR count). The van der Waals surface area contributed by atoms with Crippen LogP contribution in [0, 0.1) is 11.2 Å². The normalized spacial score (nSPS) is 26.2.